The first-order chi connectivity index (χ1) is 16.0. The van der Waals surface area contributed by atoms with Gasteiger partial charge >= 0.3 is 0 Å². The minimum atomic E-state index is -0.392. The van der Waals surface area contributed by atoms with E-state index in [1.54, 1.807) is 17.1 Å². The first kappa shape index (κ1) is 21.4. The van der Waals surface area contributed by atoms with Gasteiger partial charge in [-0.15, -0.1) is 0 Å². The fourth-order valence-corrected chi connectivity index (χ4v) is 4.83. The average molecular weight is 448 g/mol. The Morgan fingerprint density at radius 1 is 1.24 bits per heavy atom. The Labute approximate surface area is 190 Å². The van der Waals surface area contributed by atoms with Gasteiger partial charge in [-0.25, -0.2) is 24.3 Å². The quantitative estimate of drug-likeness (QED) is 0.444. The van der Waals surface area contributed by atoms with E-state index in [0.29, 0.717) is 35.7 Å². The molecule has 170 valence electrons. The Morgan fingerprint density at radius 3 is 2.91 bits per heavy atom. The molecule has 0 aromatic carbocycles. The van der Waals surface area contributed by atoms with E-state index in [2.05, 4.69) is 30.0 Å². The molecule has 4 aromatic heterocycles. The van der Waals surface area contributed by atoms with Gasteiger partial charge in [0, 0.05) is 42.5 Å². The molecule has 9 heteroatoms. The lowest BCUT2D eigenvalue weighted by Gasteiger charge is -2.28. The number of rotatable bonds is 6. The number of hydrogen-bond acceptors (Lipinski definition) is 6. The van der Waals surface area contributed by atoms with Gasteiger partial charge in [0.2, 0.25) is 0 Å². The lowest BCUT2D eigenvalue weighted by molar-refractivity contribution is 0.0934. The number of H-pyrrole nitrogens is 1. The van der Waals surface area contributed by atoms with Crippen LogP contribution in [0.25, 0.3) is 22.4 Å². The summed E-state index contributed by atoms with van der Waals surface area (Å²) in [6.07, 6.45) is 11.2. The van der Waals surface area contributed by atoms with E-state index >= 15 is 0 Å². The molecule has 0 unspecified atom stereocenters. The molecular formula is C24H26FN7O. The molecule has 8 nitrogen and oxygen atoms in total. The number of hydrogen-bond donors (Lipinski definition) is 1. The minimum Gasteiger partial charge on any atom is -0.345 e. The number of nitrogens with one attached hydrogen (secondary N) is 1. The van der Waals surface area contributed by atoms with Crippen LogP contribution in [0.3, 0.4) is 0 Å². The summed E-state index contributed by atoms with van der Waals surface area (Å²) < 4.78 is 16.4. The molecule has 1 saturated carbocycles. The van der Waals surface area contributed by atoms with Gasteiger partial charge in [0.25, 0.3) is 0 Å². The number of aromatic amines is 1. The molecule has 1 aliphatic carbocycles. The number of ketones is 1. The van der Waals surface area contributed by atoms with Gasteiger partial charge in [0.1, 0.15) is 17.7 Å². The average Bonchev–Trinajstić information content (AvgIpc) is 3.39. The van der Waals surface area contributed by atoms with Gasteiger partial charge < -0.3 is 4.98 Å². The van der Waals surface area contributed by atoms with Crippen LogP contribution in [0.2, 0.25) is 0 Å². The molecule has 0 radical (unpaired) electrons. The number of carbonyl (C=O) groups is 1. The molecule has 5 rings (SSSR count). The first-order valence-electron chi connectivity index (χ1n) is 11.3. The summed E-state index contributed by atoms with van der Waals surface area (Å²) in [5.74, 6) is 0.721. The molecule has 1 aliphatic rings. The number of nitrogens with zero attached hydrogens (tertiary/aromatic N) is 6. The number of aromatic nitrogens is 7. The van der Waals surface area contributed by atoms with Gasteiger partial charge in [-0.2, -0.15) is 5.10 Å². The molecule has 33 heavy (non-hydrogen) atoms. The summed E-state index contributed by atoms with van der Waals surface area (Å²) in [5, 5.41) is 5.12. The van der Waals surface area contributed by atoms with Crippen LogP contribution in [-0.2, 0) is 13.5 Å². The van der Waals surface area contributed by atoms with Crippen molar-refractivity contribution < 1.29 is 9.18 Å². The number of fused-ring (bicyclic) bond motifs is 1. The van der Waals surface area contributed by atoms with Crippen molar-refractivity contribution in [2.45, 2.75) is 45.4 Å². The maximum Gasteiger partial charge on any atom is 0.183 e. The second-order valence-corrected chi connectivity index (χ2v) is 9.00. The Morgan fingerprint density at radius 2 is 2.09 bits per heavy atom. The Balaban J connectivity index is 1.29. The van der Waals surface area contributed by atoms with Crippen LogP contribution in [0.4, 0.5) is 4.39 Å². The summed E-state index contributed by atoms with van der Waals surface area (Å²) in [6, 6.07) is 1.84. The zero-order valence-electron chi connectivity index (χ0n) is 18.8. The molecule has 2 atom stereocenters. The van der Waals surface area contributed by atoms with Crippen molar-refractivity contribution in [1.82, 2.24) is 34.7 Å². The third-order valence-corrected chi connectivity index (χ3v) is 6.66. The SMILES string of the molecule is Cc1cc(C(=O)C[C@H]2CCC[C@@H](Cc3nc(-c4c[nH]c5ncncc45)ncc3F)C2)nn1C. The molecule has 1 fully saturated rings. The second-order valence-electron chi connectivity index (χ2n) is 9.00. The third-order valence-electron chi connectivity index (χ3n) is 6.66. The molecule has 0 aliphatic heterocycles. The summed E-state index contributed by atoms with van der Waals surface area (Å²) in [7, 11) is 1.84. The van der Waals surface area contributed by atoms with E-state index in [1.165, 1.54) is 12.5 Å². The summed E-state index contributed by atoms with van der Waals surface area (Å²) in [4.78, 5) is 32.8. The molecule has 0 bridgehead atoms. The van der Waals surface area contributed by atoms with Gasteiger partial charge in [-0.05, 0) is 44.1 Å². The van der Waals surface area contributed by atoms with Crippen molar-refractivity contribution in [2.24, 2.45) is 18.9 Å². The second kappa shape index (κ2) is 8.80. The molecular weight excluding hydrogens is 421 g/mol. The summed E-state index contributed by atoms with van der Waals surface area (Å²) >= 11 is 0. The number of halogens is 1. The summed E-state index contributed by atoms with van der Waals surface area (Å²) in [6.45, 7) is 1.94. The zero-order valence-corrected chi connectivity index (χ0v) is 18.8. The van der Waals surface area contributed by atoms with Crippen LogP contribution in [0, 0.1) is 24.6 Å². The molecule has 1 N–H and O–H groups in total. The van der Waals surface area contributed by atoms with Crippen LogP contribution in [0.1, 0.15) is 54.0 Å². The normalized spacial score (nSPS) is 18.6. The van der Waals surface area contributed by atoms with Crippen molar-refractivity contribution >= 4 is 16.8 Å². The molecule has 0 amide bonds. The van der Waals surface area contributed by atoms with Gasteiger partial charge in [-0.3, -0.25) is 9.48 Å². The predicted molar refractivity (Wildman–Crippen MR) is 121 cm³/mol. The van der Waals surface area contributed by atoms with Gasteiger partial charge in [-0.1, -0.05) is 12.8 Å². The van der Waals surface area contributed by atoms with Gasteiger partial charge in [0.15, 0.2) is 17.4 Å². The Kier molecular flexibility index (Phi) is 5.70. The minimum absolute atomic E-state index is 0.0846. The van der Waals surface area contributed by atoms with Crippen LogP contribution in [0.15, 0.2) is 31.0 Å². The van der Waals surface area contributed by atoms with Crippen LogP contribution < -0.4 is 0 Å². The topological polar surface area (TPSA) is 102 Å². The maximum atomic E-state index is 14.6. The predicted octanol–water partition coefficient (Wildman–Crippen LogP) is 4.22. The smallest absolute Gasteiger partial charge is 0.183 e. The maximum absolute atomic E-state index is 14.6. The Bertz CT molecular complexity index is 1290. The van der Waals surface area contributed by atoms with E-state index in [9.17, 15) is 9.18 Å². The highest BCUT2D eigenvalue weighted by molar-refractivity contribution is 5.94. The van der Waals surface area contributed by atoms with Crippen molar-refractivity contribution in [1.29, 1.82) is 0 Å². The fraction of sp³-hybridized carbons (Fsp3) is 0.417. The highest BCUT2D eigenvalue weighted by Gasteiger charge is 2.27. The summed E-state index contributed by atoms with van der Waals surface area (Å²) in [5.41, 5.74) is 3.37. The van der Waals surface area contributed by atoms with Crippen LogP contribution in [0.5, 0.6) is 0 Å². The largest absolute Gasteiger partial charge is 0.345 e. The lowest BCUT2D eigenvalue weighted by Crippen LogP contribution is -2.21. The van der Waals surface area contributed by atoms with Gasteiger partial charge in [0.05, 0.1) is 11.9 Å². The van der Waals surface area contributed by atoms with E-state index in [1.807, 2.05) is 20.0 Å². The van der Waals surface area contributed by atoms with Crippen LogP contribution in [-0.4, -0.2) is 40.5 Å². The van der Waals surface area contributed by atoms with E-state index in [-0.39, 0.29) is 17.6 Å². The molecule has 0 saturated heterocycles. The zero-order chi connectivity index (χ0) is 22.9. The number of Topliss-reactive ketones (excluding diaryl/α,β-unsaturated/α-hetero) is 1. The number of carbonyl (C=O) groups excluding carboxylic acids is 1. The standard InChI is InChI=1S/C24H26FN7O/c1-14-6-21(31-32(14)2)22(33)9-16-5-3-4-15(7-16)8-20-19(25)12-28-24(30-20)18-11-27-23-17(18)10-26-13-29-23/h6,10-13,15-16H,3-5,7-9H2,1-2H3,(H,26,27,29)/t15-,16+/m1/s1. The van der Waals surface area contributed by atoms with E-state index < -0.39 is 5.82 Å². The Hall–Kier alpha value is -3.49. The highest BCUT2D eigenvalue weighted by Crippen LogP contribution is 2.34. The van der Waals surface area contributed by atoms with Crippen molar-refractivity contribution in [3.8, 4) is 11.4 Å². The molecule has 4 aromatic rings. The first-order valence-corrected chi connectivity index (χ1v) is 11.3. The fourth-order valence-electron chi connectivity index (χ4n) is 4.83. The monoisotopic (exact) mass is 447 g/mol. The molecule has 4 heterocycles. The third kappa shape index (κ3) is 4.40. The number of aryl methyl sites for hydroxylation is 2. The highest BCUT2D eigenvalue weighted by atomic mass is 19.1. The van der Waals surface area contributed by atoms with Crippen molar-refractivity contribution in [3.05, 3.63) is 53.9 Å². The van der Waals surface area contributed by atoms with Crippen molar-refractivity contribution in [2.75, 3.05) is 0 Å². The van der Waals surface area contributed by atoms with Crippen molar-refractivity contribution in [3.63, 3.8) is 0 Å². The van der Waals surface area contributed by atoms with Crippen LogP contribution >= 0.6 is 0 Å². The molecule has 0 spiro atoms. The lowest BCUT2D eigenvalue weighted by atomic mass is 9.77. The van der Waals surface area contributed by atoms with E-state index in [0.717, 1.165) is 42.3 Å². The van der Waals surface area contributed by atoms with E-state index in [4.69, 9.17) is 0 Å².